The van der Waals surface area contributed by atoms with Crippen LogP contribution in [0.1, 0.15) is 50.3 Å². The summed E-state index contributed by atoms with van der Waals surface area (Å²) in [6.45, 7) is 2.12. The fraction of sp³-hybridized carbons (Fsp3) is 0.348. The molecule has 1 N–H and O–H groups in total. The van der Waals surface area contributed by atoms with Gasteiger partial charge < -0.3 is 5.32 Å². The molecule has 2 aromatic carbocycles. The van der Waals surface area contributed by atoms with Gasteiger partial charge >= 0.3 is 0 Å². The standard InChI is InChI=1S/C23H25N3O2S/c1-2-8-19(16-9-4-3-5-10-16)24-21(27)15-29-23-25-20-12-7-6-11-18(20)22(28)26(23)17-13-14-17/h3-7,9-12,17,19H,2,8,13-15H2,1H3,(H,24,27)/t19-/m1/s1. The number of rotatable bonds is 8. The molecule has 0 radical (unpaired) electrons. The predicted molar refractivity (Wildman–Crippen MR) is 117 cm³/mol. The Hall–Kier alpha value is -2.60. The van der Waals surface area contributed by atoms with Gasteiger partial charge in [-0.1, -0.05) is 67.6 Å². The summed E-state index contributed by atoms with van der Waals surface area (Å²) in [5, 5.41) is 4.42. The molecule has 1 heterocycles. The molecular weight excluding hydrogens is 382 g/mol. The summed E-state index contributed by atoms with van der Waals surface area (Å²) in [5.74, 6) is 0.201. The van der Waals surface area contributed by atoms with E-state index in [0.29, 0.717) is 16.1 Å². The smallest absolute Gasteiger partial charge is 0.262 e. The summed E-state index contributed by atoms with van der Waals surface area (Å²) in [5.41, 5.74) is 1.80. The first-order valence-corrected chi connectivity index (χ1v) is 11.1. The van der Waals surface area contributed by atoms with Gasteiger partial charge in [0.2, 0.25) is 5.91 Å². The molecule has 1 saturated carbocycles. The van der Waals surface area contributed by atoms with Gasteiger partial charge in [0, 0.05) is 6.04 Å². The third kappa shape index (κ3) is 4.53. The van der Waals surface area contributed by atoms with Crippen LogP contribution in [0.3, 0.4) is 0 Å². The fourth-order valence-corrected chi connectivity index (χ4v) is 4.42. The minimum atomic E-state index is -0.0398. The highest BCUT2D eigenvalue weighted by atomic mass is 32.2. The normalized spacial score (nSPS) is 14.7. The molecule has 1 amide bonds. The topological polar surface area (TPSA) is 64.0 Å². The first kappa shape index (κ1) is 19.7. The summed E-state index contributed by atoms with van der Waals surface area (Å²) in [7, 11) is 0. The molecule has 1 aliphatic rings. The van der Waals surface area contributed by atoms with Gasteiger partial charge in [-0.3, -0.25) is 14.2 Å². The maximum Gasteiger partial charge on any atom is 0.262 e. The quantitative estimate of drug-likeness (QED) is 0.442. The SMILES string of the molecule is CCC[C@@H](NC(=O)CSc1nc2ccccc2c(=O)n1C1CC1)c1ccccc1. The lowest BCUT2D eigenvalue weighted by molar-refractivity contribution is -0.119. The zero-order valence-electron chi connectivity index (χ0n) is 16.5. The molecule has 0 spiro atoms. The van der Waals surface area contributed by atoms with Crippen LogP contribution in [-0.2, 0) is 4.79 Å². The zero-order valence-corrected chi connectivity index (χ0v) is 17.3. The Morgan fingerprint density at radius 1 is 1.17 bits per heavy atom. The zero-order chi connectivity index (χ0) is 20.2. The average Bonchev–Trinajstić information content (AvgIpc) is 3.58. The number of carbonyl (C=O) groups is 1. The Balaban J connectivity index is 1.51. The second-order valence-corrected chi connectivity index (χ2v) is 8.37. The van der Waals surface area contributed by atoms with Crippen LogP contribution in [0.15, 0.2) is 64.5 Å². The van der Waals surface area contributed by atoms with Crippen LogP contribution >= 0.6 is 11.8 Å². The van der Waals surface area contributed by atoms with E-state index < -0.39 is 0 Å². The molecule has 1 aromatic heterocycles. The molecule has 4 rings (SSSR count). The van der Waals surface area contributed by atoms with Crippen molar-refractivity contribution in [3.63, 3.8) is 0 Å². The fourth-order valence-electron chi connectivity index (χ4n) is 3.54. The molecule has 0 unspecified atom stereocenters. The largest absolute Gasteiger partial charge is 0.349 e. The van der Waals surface area contributed by atoms with E-state index >= 15 is 0 Å². The number of amides is 1. The molecule has 5 nitrogen and oxygen atoms in total. The number of nitrogens with one attached hydrogen (secondary N) is 1. The summed E-state index contributed by atoms with van der Waals surface area (Å²) < 4.78 is 1.78. The third-order valence-electron chi connectivity index (χ3n) is 5.13. The van der Waals surface area contributed by atoms with Crippen LogP contribution in [0.5, 0.6) is 0 Å². The van der Waals surface area contributed by atoms with E-state index in [-0.39, 0.29) is 29.3 Å². The van der Waals surface area contributed by atoms with Crippen LogP contribution in [-0.4, -0.2) is 21.2 Å². The van der Waals surface area contributed by atoms with Gasteiger partial charge in [-0.05, 0) is 37.0 Å². The minimum absolute atomic E-state index is 0.00416. The van der Waals surface area contributed by atoms with E-state index in [1.54, 1.807) is 4.57 Å². The molecule has 0 bridgehead atoms. The van der Waals surface area contributed by atoms with Gasteiger partial charge in [0.15, 0.2) is 5.16 Å². The summed E-state index contributed by atoms with van der Waals surface area (Å²) in [6, 6.07) is 17.7. The summed E-state index contributed by atoms with van der Waals surface area (Å²) >= 11 is 1.35. The number of aromatic nitrogens is 2. The number of carbonyl (C=O) groups excluding carboxylic acids is 1. The van der Waals surface area contributed by atoms with E-state index in [9.17, 15) is 9.59 Å². The van der Waals surface area contributed by atoms with E-state index in [2.05, 4.69) is 17.2 Å². The van der Waals surface area contributed by atoms with Gasteiger partial charge in [-0.2, -0.15) is 0 Å². The van der Waals surface area contributed by atoms with Crippen molar-refractivity contribution < 1.29 is 4.79 Å². The van der Waals surface area contributed by atoms with Crippen LogP contribution < -0.4 is 10.9 Å². The van der Waals surface area contributed by atoms with Crippen LogP contribution in [0.25, 0.3) is 10.9 Å². The Kier molecular flexibility index (Phi) is 6.00. The van der Waals surface area contributed by atoms with E-state index in [1.807, 2.05) is 54.6 Å². The first-order valence-electron chi connectivity index (χ1n) is 10.2. The number of benzene rings is 2. The van der Waals surface area contributed by atoms with Gasteiger partial charge in [0.25, 0.3) is 5.56 Å². The maximum atomic E-state index is 12.9. The van der Waals surface area contributed by atoms with Crippen molar-refractivity contribution >= 4 is 28.6 Å². The molecule has 1 atom stereocenters. The molecule has 150 valence electrons. The van der Waals surface area contributed by atoms with Crippen molar-refractivity contribution in [2.75, 3.05) is 5.75 Å². The highest BCUT2D eigenvalue weighted by Gasteiger charge is 2.28. The van der Waals surface area contributed by atoms with E-state index in [1.165, 1.54) is 11.8 Å². The van der Waals surface area contributed by atoms with Crippen molar-refractivity contribution in [3.05, 3.63) is 70.5 Å². The Morgan fingerprint density at radius 2 is 1.90 bits per heavy atom. The van der Waals surface area contributed by atoms with Crippen molar-refractivity contribution in [3.8, 4) is 0 Å². The molecule has 1 fully saturated rings. The Morgan fingerprint density at radius 3 is 2.62 bits per heavy atom. The third-order valence-corrected chi connectivity index (χ3v) is 6.09. The van der Waals surface area contributed by atoms with Crippen molar-refractivity contribution in [2.45, 2.75) is 49.8 Å². The molecular formula is C23H25N3O2S. The van der Waals surface area contributed by atoms with E-state index in [0.717, 1.165) is 31.2 Å². The number of hydrogen-bond acceptors (Lipinski definition) is 4. The van der Waals surface area contributed by atoms with Crippen molar-refractivity contribution in [1.29, 1.82) is 0 Å². The van der Waals surface area contributed by atoms with Crippen LogP contribution in [0.2, 0.25) is 0 Å². The number of hydrogen-bond donors (Lipinski definition) is 1. The second kappa shape index (κ2) is 8.82. The van der Waals surface area contributed by atoms with Crippen molar-refractivity contribution in [1.82, 2.24) is 14.9 Å². The number of thioether (sulfide) groups is 1. The molecule has 29 heavy (non-hydrogen) atoms. The van der Waals surface area contributed by atoms with Crippen LogP contribution in [0, 0.1) is 0 Å². The molecule has 1 aliphatic carbocycles. The lowest BCUT2D eigenvalue weighted by Gasteiger charge is -2.19. The predicted octanol–water partition coefficient (Wildman–Crippen LogP) is 4.48. The van der Waals surface area contributed by atoms with Crippen LogP contribution in [0.4, 0.5) is 0 Å². The highest BCUT2D eigenvalue weighted by Crippen LogP contribution is 2.36. The second-order valence-electron chi connectivity index (χ2n) is 7.43. The number of nitrogens with zero attached hydrogens (tertiary/aromatic N) is 2. The summed E-state index contributed by atoms with van der Waals surface area (Å²) in [6.07, 6.45) is 3.86. The van der Waals surface area contributed by atoms with Crippen molar-refractivity contribution in [2.24, 2.45) is 0 Å². The van der Waals surface area contributed by atoms with E-state index in [4.69, 9.17) is 0 Å². The molecule has 0 saturated heterocycles. The highest BCUT2D eigenvalue weighted by molar-refractivity contribution is 7.99. The van der Waals surface area contributed by atoms with Gasteiger partial charge in [-0.15, -0.1) is 0 Å². The van der Waals surface area contributed by atoms with Gasteiger partial charge in [-0.25, -0.2) is 4.98 Å². The number of para-hydroxylation sites is 1. The van der Waals surface area contributed by atoms with Gasteiger partial charge in [0.05, 0.1) is 22.7 Å². The molecule has 6 heteroatoms. The first-order chi connectivity index (χ1) is 14.2. The average molecular weight is 408 g/mol. The number of fused-ring (bicyclic) bond motifs is 1. The lowest BCUT2D eigenvalue weighted by Crippen LogP contribution is -2.30. The monoisotopic (exact) mass is 407 g/mol. The Bertz CT molecular complexity index is 1060. The molecule has 3 aromatic rings. The maximum absolute atomic E-state index is 12.9. The minimum Gasteiger partial charge on any atom is -0.349 e. The molecule has 0 aliphatic heterocycles. The summed E-state index contributed by atoms with van der Waals surface area (Å²) in [4.78, 5) is 30.3. The van der Waals surface area contributed by atoms with Gasteiger partial charge in [0.1, 0.15) is 0 Å². The lowest BCUT2D eigenvalue weighted by atomic mass is 10.0. The Labute approximate surface area is 174 Å².